The molecule has 1 aromatic heterocycles. The third-order valence-corrected chi connectivity index (χ3v) is 4.14. The Labute approximate surface area is 147 Å². The summed E-state index contributed by atoms with van der Waals surface area (Å²) in [6.45, 7) is 0.167. The zero-order valence-electron chi connectivity index (χ0n) is 13.3. The third-order valence-electron chi connectivity index (χ3n) is 4.14. The first-order chi connectivity index (χ1) is 12.6. The van der Waals surface area contributed by atoms with Crippen LogP contribution in [-0.2, 0) is 0 Å². The molecule has 2 N–H and O–H groups in total. The van der Waals surface area contributed by atoms with E-state index in [1.807, 2.05) is 6.07 Å². The number of carboxylic acid groups (broad SMARTS) is 1. The molecule has 128 valence electrons. The molecule has 0 fully saturated rings. The van der Waals surface area contributed by atoms with Gasteiger partial charge < -0.3 is 24.3 Å². The van der Waals surface area contributed by atoms with Gasteiger partial charge in [-0.25, -0.2) is 4.79 Å². The first kappa shape index (κ1) is 15.6. The number of carbonyl (C=O) groups is 1. The molecule has 2 heterocycles. The summed E-state index contributed by atoms with van der Waals surface area (Å²) < 4.78 is 12.3. The first-order valence-corrected chi connectivity index (χ1v) is 7.65. The number of aromatic carboxylic acids is 1. The van der Waals surface area contributed by atoms with Crippen molar-refractivity contribution in [3.8, 4) is 40.1 Å². The van der Waals surface area contributed by atoms with Crippen LogP contribution in [0.1, 0.15) is 15.9 Å². The van der Waals surface area contributed by atoms with Crippen molar-refractivity contribution in [2.45, 2.75) is 0 Å². The number of benzene rings is 2. The Bertz CT molecular complexity index is 1080. The molecule has 26 heavy (non-hydrogen) atoms. The van der Waals surface area contributed by atoms with Crippen LogP contribution in [0.4, 0.5) is 0 Å². The van der Waals surface area contributed by atoms with Crippen LogP contribution in [-0.4, -0.2) is 27.5 Å². The minimum absolute atomic E-state index is 0.167. The van der Waals surface area contributed by atoms with Crippen molar-refractivity contribution in [2.24, 2.45) is 0 Å². The number of nitriles is 1. The van der Waals surface area contributed by atoms with Crippen molar-refractivity contribution in [3.63, 3.8) is 0 Å². The van der Waals surface area contributed by atoms with Gasteiger partial charge in [0.25, 0.3) is 0 Å². The van der Waals surface area contributed by atoms with Crippen LogP contribution in [0.15, 0.2) is 48.8 Å². The monoisotopic (exact) mass is 348 g/mol. The van der Waals surface area contributed by atoms with Crippen LogP contribution < -0.4 is 9.47 Å². The van der Waals surface area contributed by atoms with E-state index in [-0.39, 0.29) is 18.1 Å². The number of hydrogen-bond acceptors (Lipinski definition) is 5. The quantitative estimate of drug-likeness (QED) is 0.753. The summed E-state index contributed by atoms with van der Waals surface area (Å²) in [6, 6.07) is 11.8. The molecule has 0 saturated carbocycles. The predicted octanol–water partition coefficient (Wildman–Crippen LogP) is 3.15. The molecule has 0 atom stereocenters. The van der Waals surface area contributed by atoms with Gasteiger partial charge in [-0.15, -0.1) is 0 Å². The van der Waals surface area contributed by atoms with E-state index in [2.05, 4.69) is 6.07 Å². The number of aromatic hydroxyl groups is 1. The van der Waals surface area contributed by atoms with Crippen LogP contribution in [0.5, 0.6) is 17.2 Å². The van der Waals surface area contributed by atoms with Gasteiger partial charge in [-0.05, 0) is 29.8 Å². The van der Waals surface area contributed by atoms with E-state index in [0.717, 1.165) is 5.56 Å². The van der Waals surface area contributed by atoms with Crippen LogP contribution in [0.2, 0.25) is 0 Å². The summed E-state index contributed by atoms with van der Waals surface area (Å²) in [7, 11) is 0. The Morgan fingerprint density at radius 1 is 1.12 bits per heavy atom. The zero-order valence-corrected chi connectivity index (χ0v) is 13.3. The molecule has 2 aromatic carbocycles. The van der Waals surface area contributed by atoms with Crippen molar-refractivity contribution >= 4 is 5.97 Å². The van der Waals surface area contributed by atoms with Gasteiger partial charge in [0, 0.05) is 29.7 Å². The Kier molecular flexibility index (Phi) is 3.52. The highest BCUT2D eigenvalue weighted by molar-refractivity contribution is 5.91. The smallest absolute Gasteiger partial charge is 0.339 e. The Balaban J connectivity index is 1.78. The van der Waals surface area contributed by atoms with Crippen molar-refractivity contribution in [3.05, 3.63) is 59.9 Å². The van der Waals surface area contributed by atoms with Gasteiger partial charge in [0.1, 0.15) is 17.4 Å². The number of rotatable bonds is 3. The fraction of sp³-hybridized carbons (Fsp3) is 0.0526. The second-order valence-corrected chi connectivity index (χ2v) is 5.68. The van der Waals surface area contributed by atoms with E-state index in [9.17, 15) is 15.2 Å². The fourth-order valence-corrected chi connectivity index (χ4v) is 2.85. The highest BCUT2D eigenvalue weighted by Gasteiger charge is 2.17. The second kappa shape index (κ2) is 5.86. The van der Waals surface area contributed by atoms with Crippen molar-refractivity contribution < 1.29 is 24.5 Å². The molecular weight excluding hydrogens is 336 g/mol. The van der Waals surface area contributed by atoms with Crippen LogP contribution in [0.25, 0.3) is 16.8 Å². The van der Waals surface area contributed by atoms with E-state index in [1.165, 1.54) is 12.1 Å². The molecule has 0 bridgehead atoms. The van der Waals surface area contributed by atoms with E-state index in [0.29, 0.717) is 28.3 Å². The van der Waals surface area contributed by atoms with Gasteiger partial charge >= 0.3 is 5.97 Å². The molecule has 1 aliphatic rings. The molecule has 0 radical (unpaired) electrons. The molecular formula is C19H12N2O5. The van der Waals surface area contributed by atoms with Gasteiger partial charge in [-0.2, -0.15) is 5.26 Å². The molecule has 7 nitrogen and oxygen atoms in total. The number of hydrogen-bond donors (Lipinski definition) is 2. The van der Waals surface area contributed by atoms with E-state index in [1.54, 1.807) is 35.2 Å². The average molecular weight is 348 g/mol. The fourth-order valence-electron chi connectivity index (χ4n) is 2.85. The number of fused-ring (bicyclic) bond motifs is 1. The van der Waals surface area contributed by atoms with Crippen LogP contribution >= 0.6 is 0 Å². The lowest BCUT2D eigenvalue weighted by atomic mass is 10.0. The third kappa shape index (κ3) is 2.50. The van der Waals surface area contributed by atoms with Gasteiger partial charge in [-0.3, -0.25) is 0 Å². The SMILES string of the molecule is N#Cc1cn(-c2ccc(C(=O)O)c(O)c2)cc1-c1ccc2c(c1)OCO2. The van der Waals surface area contributed by atoms with Gasteiger partial charge in [0.05, 0.1) is 5.56 Å². The van der Waals surface area contributed by atoms with Crippen molar-refractivity contribution in [1.29, 1.82) is 5.26 Å². The maximum Gasteiger partial charge on any atom is 0.339 e. The van der Waals surface area contributed by atoms with Gasteiger partial charge in [0.2, 0.25) is 6.79 Å². The number of phenols is 1. The molecule has 7 heteroatoms. The standard InChI is InChI=1S/C19H12N2O5/c20-7-12-8-21(13-2-3-14(19(23)24)16(22)6-13)9-15(12)11-1-4-17-18(5-11)26-10-25-17/h1-6,8-9,22H,10H2,(H,23,24). The zero-order chi connectivity index (χ0) is 18.3. The second-order valence-electron chi connectivity index (χ2n) is 5.68. The minimum atomic E-state index is -1.21. The lowest BCUT2D eigenvalue weighted by Gasteiger charge is -2.05. The average Bonchev–Trinajstić information content (AvgIpc) is 3.27. The highest BCUT2D eigenvalue weighted by atomic mass is 16.7. The molecule has 0 saturated heterocycles. The highest BCUT2D eigenvalue weighted by Crippen LogP contribution is 2.37. The van der Waals surface area contributed by atoms with Crippen LogP contribution in [0, 0.1) is 11.3 Å². The summed E-state index contributed by atoms with van der Waals surface area (Å²) in [5.74, 6) is -0.282. The summed E-state index contributed by atoms with van der Waals surface area (Å²) >= 11 is 0. The van der Waals surface area contributed by atoms with Gasteiger partial charge in [-0.1, -0.05) is 6.07 Å². The number of ether oxygens (including phenoxy) is 2. The Hall–Kier alpha value is -3.92. The Morgan fingerprint density at radius 3 is 2.65 bits per heavy atom. The maximum atomic E-state index is 11.0. The molecule has 0 amide bonds. The molecule has 0 aliphatic carbocycles. The summed E-state index contributed by atoms with van der Waals surface area (Å²) in [4.78, 5) is 11.0. The lowest BCUT2D eigenvalue weighted by Crippen LogP contribution is -1.98. The molecule has 4 rings (SSSR count). The maximum absolute atomic E-state index is 11.0. The molecule has 0 spiro atoms. The number of nitrogens with zero attached hydrogens (tertiary/aromatic N) is 2. The van der Waals surface area contributed by atoms with E-state index in [4.69, 9.17) is 14.6 Å². The van der Waals surface area contributed by atoms with Crippen molar-refractivity contribution in [2.75, 3.05) is 6.79 Å². The predicted molar refractivity (Wildman–Crippen MR) is 90.7 cm³/mol. The normalized spacial score (nSPS) is 12.0. The minimum Gasteiger partial charge on any atom is -0.507 e. The van der Waals surface area contributed by atoms with Crippen LogP contribution in [0.3, 0.4) is 0 Å². The summed E-state index contributed by atoms with van der Waals surface area (Å²) in [5, 5.41) is 28.4. The largest absolute Gasteiger partial charge is 0.507 e. The lowest BCUT2D eigenvalue weighted by molar-refractivity contribution is 0.0693. The summed E-state index contributed by atoms with van der Waals surface area (Å²) in [5.41, 5.74) is 2.27. The van der Waals surface area contributed by atoms with E-state index < -0.39 is 5.97 Å². The number of aromatic nitrogens is 1. The topological polar surface area (TPSA) is 105 Å². The molecule has 3 aromatic rings. The van der Waals surface area contributed by atoms with Crippen molar-refractivity contribution in [1.82, 2.24) is 4.57 Å². The number of carboxylic acids is 1. The molecule has 0 unspecified atom stereocenters. The summed E-state index contributed by atoms with van der Waals surface area (Å²) in [6.07, 6.45) is 3.36. The van der Waals surface area contributed by atoms with E-state index >= 15 is 0 Å². The Morgan fingerprint density at radius 2 is 1.92 bits per heavy atom. The molecule has 1 aliphatic heterocycles. The van der Waals surface area contributed by atoms with Gasteiger partial charge in [0.15, 0.2) is 11.5 Å². The first-order valence-electron chi connectivity index (χ1n) is 7.65.